The minimum atomic E-state index is -1.07. The molecular weight excluding hydrogens is 296 g/mol. The minimum absolute atomic E-state index is 0.0839. The normalized spacial score (nSPS) is 11.7. The summed E-state index contributed by atoms with van der Waals surface area (Å²) in [5, 5.41) is 11.6. The smallest absolute Gasteiger partial charge is 0.326 e. The van der Waals surface area contributed by atoms with Gasteiger partial charge in [-0.1, -0.05) is 51.9 Å². The van der Waals surface area contributed by atoms with Crippen LogP contribution in [0.25, 0.3) is 0 Å². The van der Waals surface area contributed by atoms with Gasteiger partial charge in [0.2, 0.25) is 5.91 Å². The zero-order valence-corrected chi connectivity index (χ0v) is 14.2. The van der Waals surface area contributed by atoms with Crippen LogP contribution in [0.15, 0.2) is 4.99 Å². The van der Waals surface area contributed by atoms with Crippen molar-refractivity contribution in [3.8, 4) is 0 Å². The lowest BCUT2D eigenvalue weighted by Crippen LogP contribution is -2.41. The summed E-state index contributed by atoms with van der Waals surface area (Å²) in [5.41, 5.74) is 10.4. The number of rotatable bonds is 14. The fourth-order valence-corrected chi connectivity index (χ4v) is 2.27. The molecule has 7 heteroatoms. The number of carboxylic acids is 1. The van der Waals surface area contributed by atoms with E-state index in [9.17, 15) is 9.59 Å². The fraction of sp³-hybridized carbons (Fsp3) is 0.812. The number of hydrogen-bond acceptors (Lipinski definition) is 3. The second-order valence-corrected chi connectivity index (χ2v) is 5.78. The van der Waals surface area contributed by atoms with E-state index in [0.29, 0.717) is 6.42 Å². The summed E-state index contributed by atoms with van der Waals surface area (Å²) in [6.45, 7) is 2.37. The fourth-order valence-electron chi connectivity index (χ4n) is 2.27. The molecule has 0 heterocycles. The van der Waals surface area contributed by atoms with Crippen molar-refractivity contribution in [1.82, 2.24) is 5.32 Å². The van der Waals surface area contributed by atoms with E-state index in [4.69, 9.17) is 16.6 Å². The number of guanidine groups is 1. The minimum Gasteiger partial charge on any atom is -0.480 e. The second kappa shape index (κ2) is 13.8. The highest BCUT2D eigenvalue weighted by Gasteiger charge is 2.18. The molecule has 0 saturated carbocycles. The molecule has 0 aliphatic rings. The molecule has 1 atom stereocenters. The van der Waals surface area contributed by atoms with E-state index in [0.717, 1.165) is 19.3 Å². The van der Waals surface area contributed by atoms with Crippen LogP contribution in [0, 0.1) is 0 Å². The summed E-state index contributed by atoms with van der Waals surface area (Å²) in [6.07, 6.45) is 9.75. The predicted octanol–water partition coefficient (Wildman–Crippen LogP) is 1.75. The Labute approximate surface area is 138 Å². The molecule has 7 nitrogen and oxygen atoms in total. The van der Waals surface area contributed by atoms with E-state index >= 15 is 0 Å². The van der Waals surface area contributed by atoms with Crippen molar-refractivity contribution >= 4 is 17.8 Å². The number of aliphatic imine (C=N–C) groups is 1. The Morgan fingerprint density at radius 3 is 2.13 bits per heavy atom. The van der Waals surface area contributed by atoms with Gasteiger partial charge in [-0.15, -0.1) is 0 Å². The molecule has 0 unspecified atom stereocenters. The van der Waals surface area contributed by atoms with Crippen molar-refractivity contribution in [2.75, 3.05) is 6.54 Å². The quantitative estimate of drug-likeness (QED) is 0.219. The molecule has 0 aliphatic carbocycles. The molecule has 0 radical (unpaired) electrons. The first-order chi connectivity index (χ1) is 11.0. The largest absolute Gasteiger partial charge is 0.480 e. The SMILES string of the molecule is CCCCCCCCCCC(=O)N[C@@H](CCN=C(N)N)C(=O)O. The lowest BCUT2D eigenvalue weighted by molar-refractivity contribution is -0.142. The summed E-state index contributed by atoms with van der Waals surface area (Å²) >= 11 is 0. The first-order valence-electron chi connectivity index (χ1n) is 8.55. The number of amides is 1. The number of aliphatic carboxylic acids is 1. The van der Waals surface area contributed by atoms with E-state index in [1.165, 1.54) is 32.1 Å². The van der Waals surface area contributed by atoms with Crippen molar-refractivity contribution in [2.24, 2.45) is 16.5 Å². The number of unbranched alkanes of at least 4 members (excludes halogenated alkanes) is 7. The molecule has 0 aromatic rings. The Balaban J connectivity index is 3.79. The number of nitrogens with two attached hydrogens (primary N) is 2. The van der Waals surface area contributed by atoms with Gasteiger partial charge in [0, 0.05) is 13.0 Å². The van der Waals surface area contributed by atoms with Gasteiger partial charge >= 0.3 is 5.97 Å². The Hall–Kier alpha value is -1.79. The van der Waals surface area contributed by atoms with Crippen molar-refractivity contribution < 1.29 is 14.7 Å². The molecule has 23 heavy (non-hydrogen) atoms. The summed E-state index contributed by atoms with van der Waals surface area (Å²) in [7, 11) is 0. The molecule has 0 aromatic carbocycles. The molecular formula is C16H32N4O3. The number of hydrogen-bond donors (Lipinski definition) is 4. The monoisotopic (exact) mass is 328 g/mol. The average molecular weight is 328 g/mol. The molecule has 0 saturated heterocycles. The number of nitrogens with one attached hydrogen (secondary N) is 1. The van der Waals surface area contributed by atoms with E-state index < -0.39 is 12.0 Å². The van der Waals surface area contributed by atoms with Crippen LogP contribution >= 0.6 is 0 Å². The van der Waals surface area contributed by atoms with Crippen LogP contribution in [0.3, 0.4) is 0 Å². The Morgan fingerprint density at radius 2 is 1.61 bits per heavy atom. The lowest BCUT2D eigenvalue weighted by Gasteiger charge is -2.13. The van der Waals surface area contributed by atoms with Crippen molar-refractivity contribution in [1.29, 1.82) is 0 Å². The van der Waals surface area contributed by atoms with Gasteiger partial charge in [0.1, 0.15) is 6.04 Å². The molecule has 0 rings (SSSR count). The van der Waals surface area contributed by atoms with Gasteiger partial charge in [0.25, 0.3) is 0 Å². The number of carbonyl (C=O) groups is 2. The van der Waals surface area contributed by atoms with Crippen LogP contribution in [0.1, 0.15) is 71.1 Å². The molecule has 0 fully saturated rings. The van der Waals surface area contributed by atoms with Crippen molar-refractivity contribution in [2.45, 2.75) is 77.2 Å². The summed E-state index contributed by atoms with van der Waals surface area (Å²) in [5.74, 6) is -1.38. The summed E-state index contributed by atoms with van der Waals surface area (Å²) in [4.78, 5) is 26.6. The Morgan fingerprint density at radius 1 is 1.04 bits per heavy atom. The van der Waals surface area contributed by atoms with Crippen molar-refractivity contribution in [3.05, 3.63) is 0 Å². The summed E-state index contributed by atoms with van der Waals surface area (Å²) in [6, 6.07) is -0.945. The van der Waals surface area contributed by atoms with E-state index in [1.54, 1.807) is 0 Å². The Bertz CT molecular complexity index is 368. The third kappa shape index (κ3) is 13.6. The lowest BCUT2D eigenvalue weighted by atomic mass is 10.1. The third-order valence-electron chi connectivity index (χ3n) is 3.60. The molecule has 6 N–H and O–H groups in total. The summed E-state index contributed by atoms with van der Waals surface area (Å²) < 4.78 is 0. The van der Waals surface area contributed by atoms with Crippen molar-refractivity contribution in [3.63, 3.8) is 0 Å². The van der Waals surface area contributed by atoms with E-state index in [2.05, 4.69) is 17.2 Å². The first kappa shape index (κ1) is 21.2. The highest BCUT2D eigenvalue weighted by molar-refractivity contribution is 5.83. The maximum absolute atomic E-state index is 11.8. The standard InChI is InChI=1S/C16H32N4O3/c1-2-3-4-5-6-7-8-9-10-14(21)20-13(15(22)23)11-12-19-16(17)18/h13H,2-12H2,1H3,(H,20,21)(H,22,23)(H4,17,18,19)/t13-/m0/s1. The first-order valence-corrected chi connectivity index (χ1v) is 8.55. The molecule has 0 bridgehead atoms. The predicted molar refractivity (Wildman–Crippen MR) is 92.1 cm³/mol. The molecule has 0 aliphatic heterocycles. The van der Waals surface area contributed by atoms with Crippen LogP contribution in [0.2, 0.25) is 0 Å². The van der Waals surface area contributed by atoms with Gasteiger partial charge < -0.3 is 21.9 Å². The average Bonchev–Trinajstić information content (AvgIpc) is 2.48. The van der Waals surface area contributed by atoms with Gasteiger partial charge in [0.05, 0.1) is 0 Å². The van der Waals surface area contributed by atoms with Gasteiger partial charge in [-0.2, -0.15) is 0 Å². The van der Waals surface area contributed by atoms with Gasteiger partial charge in [-0.3, -0.25) is 9.79 Å². The maximum Gasteiger partial charge on any atom is 0.326 e. The Kier molecular flexibility index (Phi) is 12.8. The number of nitrogens with zero attached hydrogens (tertiary/aromatic N) is 1. The van der Waals surface area contributed by atoms with E-state index in [-0.39, 0.29) is 24.8 Å². The highest BCUT2D eigenvalue weighted by Crippen LogP contribution is 2.09. The molecule has 0 spiro atoms. The maximum atomic E-state index is 11.8. The zero-order chi connectivity index (χ0) is 17.5. The van der Waals surface area contributed by atoms with Crippen LogP contribution in [-0.4, -0.2) is 35.5 Å². The molecule has 0 aromatic heterocycles. The molecule has 1 amide bonds. The molecule has 134 valence electrons. The van der Waals surface area contributed by atoms with Gasteiger partial charge in [-0.25, -0.2) is 4.79 Å². The van der Waals surface area contributed by atoms with E-state index in [1.807, 2.05) is 0 Å². The highest BCUT2D eigenvalue weighted by atomic mass is 16.4. The van der Waals surface area contributed by atoms with Gasteiger partial charge in [0.15, 0.2) is 5.96 Å². The van der Waals surface area contributed by atoms with Gasteiger partial charge in [-0.05, 0) is 12.8 Å². The van der Waals surface area contributed by atoms with Crippen LogP contribution < -0.4 is 16.8 Å². The van der Waals surface area contributed by atoms with Crippen LogP contribution in [0.4, 0.5) is 0 Å². The van der Waals surface area contributed by atoms with Crippen LogP contribution in [-0.2, 0) is 9.59 Å². The topological polar surface area (TPSA) is 131 Å². The second-order valence-electron chi connectivity index (χ2n) is 5.78. The number of carboxylic acid groups (broad SMARTS) is 1. The van der Waals surface area contributed by atoms with Crippen LogP contribution in [0.5, 0.6) is 0 Å². The zero-order valence-electron chi connectivity index (χ0n) is 14.2. The number of carbonyl (C=O) groups excluding carboxylic acids is 1. The third-order valence-corrected chi connectivity index (χ3v) is 3.60.